The van der Waals surface area contributed by atoms with Crippen LogP contribution in [0.3, 0.4) is 0 Å². The van der Waals surface area contributed by atoms with Gasteiger partial charge in [-0.05, 0) is 25.0 Å². The van der Waals surface area contributed by atoms with Crippen LogP contribution in [-0.4, -0.2) is 42.7 Å². The first kappa shape index (κ1) is 17.3. The van der Waals surface area contributed by atoms with Crippen molar-refractivity contribution in [2.24, 2.45) is 0 Å². The van der Waals surface area contributed by atoms with Gasteiger partial charge in [0.15, 0.2) is 0 Å². The number of nitrogens with zero attached hydrogens (tertiary/aromatic N) is 2. The standard InChI is InChI=1S/C17H23N3O2S/c1-13(12-14-6-4-5-7-15(14)22-3)20(2)17(21)19-9-8-16-18-10-11-23-16/h4-7,10-11,13H,8-9,12H2,1-3H3,(H,19,21). The maximum absolute atomic E-state index is 12.2. The van der Waals surface area contributed by atoms with Gasteiger partial charge in [0.05, 0.1) is 12.1 Å². The number of hydrogen-bond donors (Lipinski definition) is 1. The zero-order valence-corrected chi connectivity index (χ0v) is 14.6. The van der Waals surface area contributed by atoms with Gasteiger partial charge in [-0.3, -0.25) is 0 Å². The molecule has 0 saturated heterocycles. The van der Waals surface area contributed by atoms with Crippen LogP contribution in [0.15, 0.2) is 35.8 Å². The number of para-hydroxylation sites is 1. The highest BCUT2D eigenvalue weighted by Gasteiger charge is 2.17. The minimum atomic E-state index is -0.0658. The number of rotatable bonds is 7. The lowest BCUT2D eigenvalue weighted by molar-refractivity contribution is 0.193. The van der Waals surface area contributed by atoms with Gasteiger partial charge in [-0.2, -0.15) is 0 Å². The number of nitrogens with one attached hydrogen (secondary N) is 1. The van der Waals surface area contributed by atoms with Gasteiger partial charge >= 0.3 is 6.03 Å². The minimum absolute atomic E-state index is 0.0658. The normalized spacial score (nSPS) is 11.8. The predicted octanol–water partition coefficient (Wildman–Crippen LogP) is 2.97. The SMILES string of the molecule is COc1ccccc1CC(C)N(C)C(=O)NCCc1nccs1. The average molecular weight is 333 g/mol. The van der Waals surface area contributed by atoms with Crippen molar-refractivity contribution in [1.29, 1.82) is 0 Å². The third kappa shape index (κ3) is 4.96. The molecule has 124 valence electrons. The molecule has 1 atom stereocenters. The number of ether oxygens (including phenoxy) is 1. The topological polar surface area (TPSA) is 54.5 Å². The Morgan fingerprint density at radius 1 is 1.43 bits per heavy atom. The second-order valence-electron chi connectivity index (χ2n) is 5.38. The smallest absolute Gasteiger partial charge is 0.317 e. The quantitative estimate of drug-likeness (QED) is 0.847. The summed E-state index contributed by atoms with van der Waals surface area (Å²) < 4.78 is 5.37. The number of urea groups is 1. The Balaban J connectivity index is 1.83. The Morgan fingerprint density at radius 2 is 2.22 bits per heavy atom. The Morgan fingerprint density at radius 3 is 2.91 bits per heavy atom. The molecule has 0 radical (unpaired) electrons. The molecule has 2 aromatic rings. The van der Waals surface area contributed by atoms with Crippen LogP contribution in [0.5, 0.6) is 5.75 Å². The second kappa shape index (κ2) is 8.53. The lowest BCUT2D eigenvalue weighted by Gasteiger charge is -2.25. The van der Waals surface area contributed by atoms with E-state index < -0.39 is 0 Å². The van der Waals surface area contributed by atoms with Crippen LogP contribution in [0.2, 0.25) is 0 Å². The lowest BCUT2D eigenvalue weighted by atomic mass is 10.1. The molecule has 1 heterocycles. The van der Waals surface area contributed by atoms with E-state index in [1.54, 1.807) is 29.5 Å². The number of aromatic nitrogens is 1. The van der Waals surface area contributed by atoms with Crippen LogP contribution in [0.25, 0.3) is 0 Å². The van der Waals surface area contributed by atoms with E-state index in [0.29, 0.717) is 6.54 Å². The summed E-state index contributed by atoms with van der Waals surface area (Å²) in [4.78, 5) is 18.2. The van der Waals surface area contributed by atoms with Crippen molar-refractivity contribution in [1.82, 2.24) is 15.2 Å². The van der Waals surface area contributed by atoms with E-state index in [1.165, 1.54) is 0 Å². The zero-order chi connectivity index (χ0) is 16.7. The van der Waals surface area contributed by atoms with E-state index in [9.17, 15) is 4.79 Å². The van der Waals surface area contributed by atoms with Gasteiger partial charge in [-0.1, -0.05) is 18.2 Å². The summed E-state index contributed by atoms with van der Waals surface area (Å²) in [5.41, 5.74) is 1.10. The number of thiazole rings is 1. The number of carbonyl (C=O) groups is 1. The lowest BCUT2D eigenvalue weighted by Crippen LogP contribution is -2.43. The van der Waals surface area contributed by atoms with Crippen molar-refractivity contribution in [2.75, 3.05) is 20.7 Å². The summed E-state index contributed by atoms with van der Waals surface area (Å²) in [6.45, 7) is 2.63. The van der Waals surface area contributed by atoms with Gasteiger partial charge in [-0.15, -0.1) is 11.3 Å². The molecular weight excluding hydrogens is 310 g/mol. The van der Waals surface area contributed by atoms with Gasteiger partial charge in [0, 0.05) is 37.6 Å². The Hall–Kier alpha value is -2.08. The summed E-state index contributed by atoms with van der Waals surface area (Å²) >= 11 is 1.61. The van der Waals surface area contributed by atoms with Crippen LogP contribution >= 0.6 is 11.3 Å². The number of methoxy groups -OCH3 is 1. The summed E-state index contributed by atoms with van der Waals surface area (Å²) in [5, 5.41) is 5.92. The number of hydrogen-bond acceptors (Lipinski definition) is 4. The van der Waals surface area contributed by atoms with Crippen molar-refractivity contribution >= 4 is 17.4 Å². The Labute approximate surface area is 141 Å². The molecule has 1 N–H and O–H groups in total. The molecule has 0 fully saturated rings. The third-order valence-electron chi connectivity index (χ3n) is 3.79. The molecule has 0 aliphatic heterocycles. The van der Waals surface area contributed by atoms with Gasteiger partial charge in [0.2, 0.25) is 0 Å². The van der Waals surface area contributed by atoms with Gasteiger partial charge in [0.25, 0.3) is 0 Å². The summed E-state index contributed by atoms with van der Waals surface area (Å²) in [5.74, 6) is 0.858. The molecule has 6 heteroatoms. The number of likely N-dealkylation sites (N-methyl/N-ethyl adjacent to an activating group) is 1. The van der Waals surface area contributed by atoms with E-state index in [2.05, 4.69) is 10.3 Å². The highest BCUT2D eigenvalue weighted by molar-refractivity contribution is 7.09. The zero-order valence-electron chi connectivity index (χ0n) is 13.8. The number of amides is 2. The fourth-order valence-electron chi connectivity index (χ4n) is 2.30. The molecule has 0 saturated carbocycles. The molecule has 0 aliphatic carbocycles. The fourth-order valence-corrected chi connectivity index (χ4v) is 2.92. The van der Waals surface area contributed by atoms with Crippen LogP contribution in [0, 0.1) is 0 Å². The van der Waals surface area contributed by atoms with E-state index in [1.807, 2.05) is 43.6 Å². The second-order valence-corrected chi connectivity index (χ2v) is 6.36. The fraction of sp³-hybridized carbons (Fsp3) is 0.412. The highest BCUT2D eigenvalue weighted by Crippen LogP contribution is 2.20. The van der Waals surface area contributed by atoms with E-state index in [0.717, 1.165) is 29.2 Å². The molecule has 23 heavy (non-hydrogen) atoms. The maximum atomic E-state index is 12.2. The van der Waals surface area contributed by atoms with E-state index in [-0.39, 0.29) is 12.1 Å². The molecule has 1 aromatic heterocycles. The Bertz CT molecular complexity index is 616. The van der Waals surface area contributed by atoms with Gasteiger partial charge in [0.1, 0.15) is 5.75 Å². The molecule has 0 aliphatic rings. The molecule has 2 rings (SSSR count). The van der Waals surface area contributed by atoms with Crippen molar-refractivity contribution in [2.45, 2.75) is 25.8 Å². The average Bonchev–Trinajstić information content (AvgIpc) is 3.07. The maximum Gasteiger partial charge on any atom is 0.317 e. The highest BCUT2D eigenvalue weighted by atomic mass is 32.1. The minimum Gasteiger partial charge on any atom is -0.496 e. The molecular formula is C17H23N3O2S. The van der Waals surface area contributed by atoms with Crippen LogP contribution in [0.1, 0.15) is 17.5 Å². The number of carbonyl (C=O) groups excluding carboxylic acids is 1. The Kier molecular flexibility index (Phi) is 6.40. The van der Waals surface area contributed by atoms with E-state index in [4.69, 9.17) is 4.74 Å². The molecule has 1 unspecified atom stereocenters. The molecule has 0 spiro atoms. The van der Waals surface area contributed by atoms with Crippen LogP contribution < -0.4 is 10.1 Å². The predicted molar refractivity (Wildman–Crippen MR) is 93.1 cm³/mol. The monoisotopic (exact) mass is 333 g/mol. The summed E-state index contributed by atoms with van der Waals surface area (Å²) in [6, 6.07) is 7.91. The first-order chi connectivity index (χ1) is 11.1. The van der Waals surface area contributed by atoms with Crippen molar-refractivity contribution in [3.63, 3.8) is 0 Å². The molecule has 2 amide bonds. The van der Waals surface area contributed by atoms with E-state index >= 15 is 0 Å². The summed E-state index contributed by atoms with van der Waals surface area (Å²) in [6.07, 6.45) is 3.29. The molecule has 1 aromatic carbocycles. The van der Waals surface area contributed by atoms with Gasteiger partial charge in [-0.25, -0.2) is 9.78 Å². The van der Waals surface area contributed by atoms with Crippen molar-refractivity contribution in [3.8, 4) is 5.75 Å². The first-order valence-electron chi connectivity index (χ1n) is 7.62. The van der Waals surface area contributed by atoms with Crippen LogP contribution in [-0.2, 0) is 12.8 Å². The molecule has 5 nitrogen and oxygen atoms in total. The number of benzene rings is 1. The van der Waals surface area contributed by atoms with Gasteiger partial charge < -0.3 is 15.0 Å². The van der Waals surface area contributed by atoms with Crippen molar-refractivity contribution in [3.05, 3.63) is 46.4 Å². The summed E-state index contributed by atoms with van der Waals surface area (Å²) in [7, 11) is 3.48. The van der Waals surface area contributed by atoms with Crippen molar-refractivity contribution < 1.29 is 9.53 Å². The first-order valence-corrected chi connectivity index (χ1v) is 8.50. The molecule has 0 bridgehead atoms. The largest absolute Gasteiger partial charge is 0.496 e. The van der Waals surface area contributed by atoms with Crippen LogP contribution in [0.4, 0.5) is 4.79 Å². The third-order valence-corrected chi connectivity index (χ3v) is 4.63.